The van der Waals surface area contributed by atoms with E-state index in [1.54, 1.807) is 32.0 Å². The number of hydrogen-bond acceptors (Lipinski definition) is 5. The minimum Gasteiger partial charge on any atom is -0.466 e. The second kappa shape index (κ2) is 8.14. The van der Waals surface area contributed by atoms with Crippen molar-refractivity contribution in [3.8, 4) is 0 Å². The van der Waals surface area contributed by atoms with E-state index in [1.165, 1.54) is 12.1 Å². The van der Waals surface area contributed by atoms with Crippen LogP contribution in [0.1, 0.15) is 20.3 Å². The summed E-state index contributed by atoms with van der Waals surface area (Å²) < 4.78 is 23.8. The van der Waals surface area contributed by atoms with Gasteiger partial charge in [-0.15, -0.1) is 0 Å². The Bertz CT molecular complexity index is 438. The quantitative estimate of drug-likeness (QED) is 0.567. The van der Waals surface area contributed by atoms with Crippen LogP contribution in [0.25, 0.3) is 0 Å². The highest BCUT2D eigenvalue weighted by atomic mass is 19.2. The molecule has 0 amide bonds. The second-order valence-electron chi connectivity index (χ2n) is 3.92. The van der Waals surface area contributed by atoms with Gasteiger partial charge in [0, 0.05) is 0 Å². The van der Waals surface area contributed by atoms with Crippen molar-refractivity contribution < 1.29 is 23.5 Å². The van der Waals surface area contributed by atoms with Gasteiger partial charge in [-0.1, -0.05) is 22.7 Å². The van der Waals surface area contributed by atoms with Gasteiger partial charge in [-0.05, 0) is 26.0 Å². The lowest BCUT2D eigenvalue weighted by atomic mass is 10.2. The zero-order valence-electron chi connectivity index (χ0n) is 11.5. The van der Waals surface area contributed by atoms with Gasteiger partial charge in [-0.3, -0.25) is 4.79 Å². The minimum absolute atomic E-state index is 0.112. The van der Waals surface area contributed by atoms with Crippen molar-refractivity contribution in [3.05, 3.63) is 30.3 Å². The van der Waals surface area contributed by atoms with Crippen molar-refractivity contribution >= 4 is 17.6 Å². The fourth-order valence-electron chi connectivity index (χ4n) is 1.62. The molecular formula is C14H18FNO4. The highest BCUT2D eigenvalue weighted by molar-refractivity contribution is 5.85. The van der Waals surface area contributed by atoms with Crippen LogP contribution in [0.4, 0.5) is 10.2 Å². The Morgan fingerprint density at radius 3 is 2.30 bits per heavy atom. The highest BCUT2D eigenvalue weighted by Gasteiger charge is 2.31. The molecule has 1 atom stereocenters. The maximum atomic E-state index is 14.3. The molecule has 1 aromatic rings. The number of carbonyl (C=O) groups excluding carboxylic acids is 2. The number of rotatable bonds is 7. The number of esters is 2. The summed E-state index contributed by atoms with van der Waals surface area (Å²) in [6, 6.07) is 6.64. The van der Waals surface area contributed by atoms with Crippen molar-refractivity contribution in [2.45, 2.75) is 26.3 Å². The van der Waals surface area contributed by atoms with Crippen LogP contribution in [0.15, 0.2) is 30.3 Å². The van der Waals surface area contributed by atoms with Crippen molar-refractivity contribution in [3.63, 3.8) is 0 Å². The van der Waals surface area contributed by atoms with Crippen LogP contribution in [0, 0.1) is 0 Å². The first kappa shape index (κ1) is 15.9. The lowest BCUT2D eigenvalue weighted by Gasteiger charge is -2.22. The van der Waals surface area contributed by atoms with Gasteiger partial charge in [0.05, 0.1) is 25.3 Å². The van der Waals surface area contributed by atoms with Crippen LogP contribution < -0.4 is 5.12 Å². The van der Waals surface area contributed by atoms with Crippen LogP contribution >= 0.6 is 0 Å². The van der Waals surface area contributed by atoms with Gasteiger partial charge in [-0.25, -0.2) is 4.79 Å². The van der Waals surface area contributed by atoms with Crippen molar-refractivity contribution in [1.82, 2.24) is 0 Å². The monoisotopic (exact) mass is 283 g/mol. The SMILES string of the molecule is CCOC(=O)CC(C(=O)OCC)N(F)c1ccccc1. The predicted molar refractivity (Wildman–Crippen MR) is 71.7 cm³/mol. The number of anilines is 1. The Balaban J connectivity index is 2.86. The predicted octanol–water partition coefficient (Wildman–Crippen LogP) is 2.26. The Hall–Kier alpha value is -2.11. The molecule has 0 aromatic heterocycles. The summed E-state index contributed by atoms with van der Waals surface area (Å²) in [5.41, 5.74) is 0.176. The van der Waals surface area contributed by atoms with Crippen molar-refractivity contribution in [2.24, 2.45) is 0 Å². The van der Waals surface area contributed by atoms with Gasteiger partial charge >= 0.3 is 11.9 Å². The number of ether oxygens (including phenoxy) is 2. The Morgan fingerprint density at radius 1 is 1.15 bits per heavy atom. The maximum absolute atomic E-state index is 14.3. The standard InChI is InChI=1S/C14H18FNO4/c1-3-19-13(17)10-12(14(18)20-4-2)16(15)11-8-6-5-7-9-11/h5-9,12H,3-4,10H2,1-2H3. The summed E-state index contributed by atoms with van der Waals surface area (Å²) in [5.74, 6) is -1.45. The van der Waals surface area contributed by atoms with Gasteiger partial charge in [-0.2, -0.15) is 5.12 Å². The third-order valence-corrected chi connectivity index (χ3v) is 2.50. The molecule has 0 saturated carbocycles. The van der Waals surface area contributed by atoms with Crippen LogP contribution in [0.2, 0.25) is 0 Å². The molecule has 20 heavy (non-hydrogen) atoms. The van der Waals surface area contributed by atoms with Crippen LogP contribution in [-0.4, -0.2) is 31.2 Å². The molecular weight excluding hydrogens is 265 g/mol. The third kappa shape index (κ3) is 4.53. The van der Waals surface area contributed by atoms with Crippen molar-refractivity contribution in [2.75, 3.05) is 18.3 Å². The van der Waals surface area contributed by atoms with Crippen LogP contribution in [0.5, 0.6) is 0 Å². The molecule has 0 fully saturated rings. The molecule has 0 bridgehead atoms. The first-order chi connectivity index (χ1) is 9.60. The van der Waals surface area contributed by atoms with E-state index in [4.69, 9.17) is 9.47 Å². The van der Waals surface area contributed by atoms with E-state index >= 15 is 0 Å². The topological polar surface area (TPSA) is 55.8 Å². The van der Waals surface area contributed by atoms with Gasteiger partial charge in [0.2, 0.25) is 0 Å². The molecule has 110 valence electrons. The van der Waals surface area contributed by atoms with E-state index in [0.29, 0.717) is 0 Å². The number of hydrogen-bond donors (Lipinski definition) is 0. The van der Waals surface area contributed by atoms with Crippen LogP contribution in [-0.2, 0) is 19.1 Å². The van der Waals surface area contributed by atoms with Gasteiger partial charge < -0.3 is 9.47 Å². The first-order valence-electron chi connectivity index (χ1n) is 6.42. The zero-order valence-corrected chi connectivity index (χ0v) is 11.5. The molecule has 5 nitrogen and oxygen atoms in total. The fraction of sp³-hybridized carbons (Fsp3) is 0.429. The molecule has 0 aliphatic heterocycles. The molecule has 0 aliphatic carbocycles. The van der Waals surface area contributed by atoms with Crippen molar-refractivity contribution in [1.29, 1.82) is 0 Å². The van der Waals surface area contributed by atoms with Gasteiger partial charge in [0.25, 0.3) is 0 Å². The number of para-hydroxylation sites is 1. The normalized spacial score (nSPS) is 11.6. The number of nitrogens with zero attached hydrogens (tertiary/aromatic N) is 1. The molecule has 0 spiro atoms. The average Bonchev–Trinajstić information content (AvgIpc) is 2.45. The average molecular weight is 283 g/mol. The van der Waals surface area contributed by atoms with E-state index < -0.39 is 24.4 Å². The maximum Gasteiger partial charge on any atom is 0.332 e. The number of benzene rings is 1. The van der Waals surface area contributed by atoms with E-state index in [2.05, 4.69) is 0 Å². The molecule has 0 saturated heterocycles. The Kier molecular flexibility index (Phi) is 6.49. The summed E-state index contributed by atoms with van der Waals surface area (Å²) in [6.07, 6.45) is -0.405. The lowest BCUT2D eigenvalue weighted by molar-refractivity contribution is -0.152. The highest BCUT2D eigenvalue weighted by Crippen LogP contribution is 2.20. The van der Waals surface area contributed by atoms with Gasteiger partial charge in [0.15, 0.2) is 6.04 Å². The molecule has 1 rings (SSSR count). The summed E-state index contributed by atoms with van der Waals surface area (Å²) in [5, 5.41) is 0.231. The summed E-state index contributed by atoms with van der Waals surface area (Å²) in [4.78, 5) is 23.3. The summed E-state index contributed by atoms with van der Waals surface area (Å²) >= 11 is 0. The lowest BCUT2D eigenvalue weighted by Crippen LogP contribution is -2.39. The first-order valence-corrected chi connectivity index (χ1v) is 6.42. The van der Waals surface area contributed by atoms with E-state index in [0.717, 1.165) is 0 Å². The zero-order chi connectivity index (χ0) is 15.0. The third-order valence-electron chi connectivity index (χ3n) is 2.50. The smallest absolute Gasteiger partial charge is 0.332 e. The molecule has 0 aliphatic rings. The Morgan fingerprint density at radius 2 is 1.75 bits per heavy atom. The number of halogens is 1. The molecule has 1 aromatic carbocycles. The molecule has 1 unspecified atom stereocenters. The fourth-order valence-corrected chi connectivity index (χ4v) is 1.62. The van der Waals surface area contributed by atoms with E-state index in [-0.39, 0.29) is 24.0 Å². The Labute approximate surface area is 117 Å². The summed E-state index contributed by atoms with van der Waals surface area (Å²) in [7, 11) is 0. The molecule has 0 radical (unpaired) electrons. The summed E-state index contributed by atoms with van der Waals surface area (Å²) in [6.45, 7) is 3.54. The molecule has 6 heteroatoms. The van der Waals surface area contributed by atoms with E-state index in [1.807, 2.05) is 0 Å². The second-order valence-corrected chi connectivity index (χ2v) is 3.92. The minimum atomic E-state index is -1.35. The number of carbonyl (C=O) groups is 2. The largest absolute Gasteiger partial charge is 0.466 e. The van der Waals surface area contributed by atoms with E-state index in [9.17, 15) is 14.1 Å². The molecule has 0 N–H and O–H groups in total. The van der Waals surface area contributed by atoms with Gasteiger partial charge in [0.1, 0.15) is 0 Å². The van der Waals surface area contributed by atoms with Crippen LogP contribution in [0.3, 0.4) is 0 Å². The molecule has 0 heterocycles.